The summed E-state index contributed by atoms with van der Waals surface area (Å²) >= 11 is 1.29. The van der Waals surface area contributed by atoms with Gasteiger partial charge in [-0.05, 0) is 39.0 Å². The van der Waals surface area contributed by atoms with Gasteiger partial charge in [0.05, 0.1) is 5.92 Å². The Morgan fingerprint density at radius 2 is 2.13 bits per heavy atom. The molecule has 2 fully saturated rings. The van der Waals surface area contributed by atoms with Crippen molar-refractivity contribution in [3.63, 3.8) is 0 Å². The number of carbonyl (C=O) groups excluding carboxylic acids is 2. The zero-order valence-corrected chi connectivity index (χ0v) is 18.2. The number of nitrogens with one attached hydrogen (secondary N) is 2. The predicted molar refractivity (Wildman–Crippen MR) is 116 cm³/mol. The first-order chi connectivity index (χ1) is 14.4. The molecule has 2 aromatic heterocycles. The van der Waals surface area contributed by atoms with E-state index in [1.807, 2.05) is 13.8 Å². The Hall–Kier alpha value is -2.49. The van der Waals surface area contributed by atoms with Crippen molar-refractivity contribution in [1.29, 1.82) is 0 Å². The van der Waals surface area contributed by atoms with Gasteiger partial charge in [-0.1, -0.05) is 18.3 Å². The fourth-order valence-corrected chi connectivity index (χ4v) is 4.58. The third-order valence-corrected chi connectivity index (χ3v) is 6.79. The normalized spacial score (nSPS) is 20.2. The van der Waals surface area contributed by atoms with E-state index < -0.39 is 0 Å². The first-order valence-electron chi connectivity index (χ1n) is 10.6. The summed E-state index contributed by atoms with van der Waals surface area (Å²) < 4.78 is 1.76. The minimum absolute atomic E-state index is 0.0553. The molecule has 2 aliphatic rings. The first kappa shape index (κ1) is 20.8. The van der Waals surface area contributed by atoms with E-state index in [2.05, 4.69) is 25.5 Å². The van der Waals surface area contributed by atoms with Gasteiger partial charge in [0.1, 0.15) is 17.6 Å². The van der Waals surface area contributed by atoms with Gasteiger partial charge in [-0.15, -0.1) is 0 Å². The molecular formula is C20H28N6O3S. The van der Waals surface area contributed by atoms with E-state index in [0.29, 0.717) is 28.1 Å². The molecule has 2 N–H and O–H groups in total. The van der Waals surface area contributed by atoms with Crippen molar-refractivity contribution in [2.45, 2.75) is 64.6 Å². The summed E-state index contributed by atoms with van der Waals surface area (Å²) in [6, 6.07) is 0.416. The van der Waals surface area contributed by atoms with Gasteiger partial charge in [-0.25, -0.2) is 4.98 Å². The quantitative estimate of drug-likeness (QED) is 0.682. The smallest absolute Gasteiger partial charge is 0.273 e. The number of hydrogen-bond donors (Lipinski definition) is 2. The highest BCUT2D eigenvalue weighted by Gasteiger charge is 2.31. The number of thiazole rings is 1. The predicted octanol–water partition coefficient (Wildman–Crippen LogP) is 1.26. The molecule has 0 unspecified atom stereocenters. The highest BCUT2D eigenvalue weighted by molar-refractivity contribution is 7.22. The van der Waals surface area contributed by atoms with Crippen LogP contribution in [0.4, 0.5) is 5.13 Å². The molecule has 1 saturated heterocycles. The Balaban J connectivity index is 1.49. The van der Waals surface area contributed by atoms with Crippen LogP contribution >= 0.6 is 11.3 Å². The van der Waals surface area contributed by atoms with Crippen molar-refractivity contribution in [2.75, 3.05) is 18.0 Å². The van der Waals surface area contributed by atoms with E-state index in [4.69, 9.17) is 0 Å². The second kappa shape index (κ2) is 8.71. The van der Waals surface area contributed by atoms with Crippen LogP contribution < -0.4 is 21.1 Å². The Morgan fingerprint density at radius 3 is 2.87 bits per heavy atom. The minimum atomic E-state index is -0.261. The maximum Gasteiger partial charge on any atom is 0.273 e. The monoisotopic (exact) mass is 432 g/mol. The van der Waals surface area contributed by atoms with Gasteiger partial charge in [0.25, 0.3) is 5.56 Å². The molecule has 162 valence electrons. The second-order valence-electron chi connectivity index (χ2n) is 8.27. The summed E-state index contributed by atoms with van der Waals surface area (Å²) in [5.41, 5.74) is 0.131. The van der Waals surface area contributed by atoms with Gasteiger partial charge in [0.2, 0.25) is 11.8 Å². The number of hydrogen-bond acceptors (Lipinski definition) is 7. The number of fused-ring (bicyclic) bond motifs is 1. The van der Waals surface area contributed by atoms with Crippen molar-refractivity contribution in [1.82, 2.24) is 25.2 Å². The number of piperidine rings is 1. The van der Waals surface area contributed by atoms with Crippen LogP contribution in [-0.2, 0) is 16.1 Å². The fourth-order valence-electron chi connectivity index (χ4n) is 3.57. The molecule has 9 nitrogen and oxygen atoms in total. The molecule has 4 rings (SSSR count). The second-order valence-corrected chi connectivity index (χ2v) is 9.25. The maximum atomic E-state index is 12.8. The van der Waals surface area contributed by atoms with Crippen LogP contribution in [-0.4, -0.2) is 51.5 Å². The summed E-state index contributed by atoms with van der Waals surface area (Å²) in [5, 5.41) is 6.66. The largest absolute Gasteiger partial charge is 0.353 e. The number of aromatic nitrogens is 3. The van der Waals surface area contributed by atoms with Gasteiger partial charge < -0.3 is 15.5 Å². The minimum Gasteiger partial charge on any atom is -0.353 e. The number of carbonyl (C=O) groups is 2. The molecule has 3 heterocycles. The molecule has 0 radical (unpaired) electrons. The lowest BCUT2D eigenvalue weighted by Crippen LogP contribution is -2.43. The lowest BCUT2D eigenvalue weighted by Gasteiger charge is -2.31. The lowest BCUT2D eigenvalue weighted by atomic mass is 9.97. The molecular weight excluding hydrogens is 404 g/mol. The number of nitrogens with zero attached hydrogens (tertiary/aromatic N) is 4. The molecule has 0 aromatic carbocycles. The molecule has 10 heteroatoms. The molecule has 2 aromatic rings. The third-order valence-electron chi connectivity index (χ3n) is 5.69. The topological polar surface area (TPSA) is 109 Å². The fraction of sp³-hybridized carbons (Fsp3) is 0.650. The summed E-state index contributed by atoms with van der Waals surface area (Å²) in [4.78, 5) is 48.3. The zero-order valence-electron chi connectivity index (χ0n) is 17.4. The molecule has 2 amide bonds. The first-order valence-corrected chi connectivity index (χ1v) is 11.5. The Bertz CT molecular complexity index is 998. The van der Waals surface area contributed by atoms with Crippen LogP contribution in [0, 0.1) is 5.92 Å². The van der Waals surface area contributed by atoms with Crippen molar-refractivity contribution >= 4 is 38.6 Å². The van der Waals surface area contributed by atoms with Gasteiger partial charge in [-0.3, -0.25) is 19.0 Å². The van der Waals surface area contributed by atoms with Crippen molar-refractivity contribution in [2.24, 2.45) is 5.92 Å². The van der Waals surface area contributed by atoms with Crippen LogP contribution in [0.5, 0.6) is 0 Å². The van der Waals surface area contributed by atoms with Crippen LogP contribution in [0.15, 0.2) is 11.1 Å². The maximum absolute atomic E-state index is 12.8. The average Bonchev–Trinajstić information content (AvgIpc) is 3.44. The van der Waals surface area contributed by atoms with Gasteiger partial charge in [0.15, 0.2) is 10.8 Å². The van der Waals surface area contributed by atoms with E-state index in [1.54, 1.807) is 0 Å². The lowest BCUT2D eigenvalue weighted by molar-refractivity contribution is -0.125. The van der Waals surface area contributed by atoms with E-state index >= 15 is 0 Å². The van der Waals surface area contributed by atoms with Crippen molar-refractivity contribution in [3.8, 4) is 0 Å². The van der Waals surface area contributed by atoms with Gasteiger partial charge >= 0.3 is 0 Å². The zero-order chi connectivity index (χ0) is 21.3. The summed E-state index contributed by atoms with van der Waals surface area (Å²) in [7, 11) is 0. The van der Waals surface area contributed by atoms with Gasteiger partial charge in [0, 0.05) is 25.2 Å². The highest BCUT2D eigenvalue weighted by atomic mass is 32.1. The van der Waals surface area contributed by atoms with Crippen molar-refractivity contribution in [3.05, 3.63) is 16.7 Å². The Morgan fingerprint density at radius 1 is 1.33 bits per heavy atom. The Labute approximate surface area is 178 Å². The van der Waals surface area contributed by atoms with E-state index in [9.17, 15) is 14.4 Å². The van der Waals surface area contributed by atoms with E-state index in [0.717, 1.165) is 38.6 Å². The third kappa shape index (κ3) is 4.63. The Kier molecular flexibility index (Phi) is 6.03. The van der Waals surface area contributed by atoms with Crippen LogP contribution in [0.2, 0.25) is 0 Å². The molecule has 1 aliphatic carbocycles. The van der Waals surface area contributed by atoms with Gasteiger partial charge in [-0.2, -0.15) is 4.98 Å². The highest BCUT2D eigenvalue weighted by Crippen LogP contribution is 2.30. The van der Waals surface area contributed by atoms with Crippen LogP contribution in [0.1, 0.15) is 46.0 Å². The van der Waals surface area contributed by atoms with E-state index in [1.165, 1.54) is 22.2 Å². The summed E-state index contributed by atoms with van der Waals surface area (Å²) in [6.07, 6.45) is 6.14. The average molecular weight is 433 g/mol. The SMILES string of the molecule is CC[C@H](C)NC(=O)Cn1cnc2nc(N3CCC[C@@H](C(=O)NC4CC4)C3)sc2c1=O. The molecule has 1 saturated carbocycles. The summed E-state index contributed by atoms with van der Waals surface area (Å²) in [5.74, 6) is -0.144. The van der Waals surface area contributed by atoms with Crippen molar-refractivity contribution < 1.29 is 9.59 Å². The molecule has 0 spiro atoms. The van der Waals surface area contributed by atoms with Crippen LogP contribution in [0.3, 0.4) is 0 Å². The standard InChI is InChI=1S/C20H28N6O3S/c1-3-12(2)22-15(27)10-26-11-21-17-16(19(26)29)30-20(24-17)25-8-4-5-13(9-25)18(28)23-14-6-7-14/h11-14H,3-10H2,1-2H3,(H,22,27)(H,23,28)/t12-,13+/m0/s1. The summed E-state index contributed by atoms with van der Waals surface area (Å²) in [6.45, 7) is 5.26. The van der Waals surface area contributed by atoms with E-state index in [-0.39, 0.29) is 35.9 Å². The number of amides is 2. The molecule has 1 aliphatic heterocycles. The number of anilines is 1. The number of rotatable bonds is 7. The molecule has 0 bridgehead atoms. The molecule has 30 heavy (non-hydrogen) atoms. The van der Waals surface area contributed by atoms with Crippen LogP contribution in [0.25, 0.3) is 10.3 Å². The molecule has 2 atom stereocenters.